The van der Waals surface area contributed by atoms with E-state index in [1.807, 2.05) is 42.5 Å². The van der Waals surface area contributed by atoms with Gasteiger partial charge in [-0.15, -0.1) is 0 Å². The molecular formula is C24H18Cl2N2O4S. The maximum atomic E-state index is 12.6. The highest BCUT2D eigenvalue weighted by Crippen LogP contribution is 2.27. The highest BCUT2D eigenvalue weighted by Gasteiger charge is 2.15. The molecule has 0 aliphatic rings. The molecule has 168 valence electrons. The predicted octanol–water partition coefficient (Wildman–Crippen LogP) is 5.96. The second kappa shape index (κ2) is 9.70. The van der Waals surface area contributed by atoms with E-state index in [1.54, 1.807) is 0 Å². The van der Waals surface area contributed by atoms with Gasteiger partial charge in [-0.3, -0.25) is 9.52 Å². The summed E-state index contributed by atoms with van der Waals surface area (Å²) in [6.07, 6.45) is 0. The number of anilines is 2. The van der Waals surface area contributed by atoms with Crippen LogP contribution in [0.3, 0.4) is 0 Å². The number of fused-ring (bicyclic) bond motifs is 1. The predicted molar refractivity (Wildman–Crippen MR) is 132 cm³/mol. The Balaban J connectivity index is 1.38. The first kappa shape index (κ1) is 22.9. The minimum absolute atomic E-state index is 0.0288. The Bertz CT molecular complexity index is 1420. The van der Waals surface area contributed by atoms with Crippen molar-refractivity contribution in [3.63, 3.8) is 0 Å². The minimum atomic E-state index is -3.84. The molecule has 0 saturated carbocycles. The Hall–Kier alpha value is -3.26. The number of rotatable bonds is 7. The lowest BCUT2D eigenvalue weighted by Gasteiger charge is -2.11. The van der Waals surface area contributed by atoms with E-state index in [0.717, 1.165) is 10.8 Å². The zero-order valence-corrected chi connectivity index (χ0v) is 19.4. The summed E-state index contributed by atoms with van der Waals surface area (Å²) in [5, 5.41) is 5.34. The van der Waals surface area contributed by atoms with Crippen LogP contribution < -0.4 is 14.8 Å². The standard InChI is InChI=1S/C24H18Cl2N2O4S/c25-21-13-8-17(14-22(21)26)28-33(30,31)19-11-9-18(10-12-19)32-15-24(29)27-23-7-3-5-16-4-1-2-6-20(16)23/h1-14,28H,15H2,(H,27,29). The highest BCUT2D eigenvalue weighted by molar-refractivity contribution is 7.92. The second-order valence-corrected chi connectivity index (χ2v) is 9.57. The van der Waals surface area contributed by atoms with Crippen molar-refractivity contribution in [3.05, 3.63) is 95.0 Å². The summed E-state index contributed by atoms with van der Waals surface area (Å²) in [5.74, 6) is 0.0286. The van der Waals surface area contributed by atoms with Crippen LogP contribution in [0.1, 0.15) is 0 Å². The largest absolute Gasteiger partial charge is 0.484 e. The number of carbonyl (C=O) groups is 1. The number of amides is 1. The molecule has 0 spiro atoms. The Morgan fingerprint density at radius 2 is 1.58 bits per heavy atom. The molecule has 33 heavy (non-hydrogen) atoms. The van der Waals surface area contributed by atoms with Crippen LogP contribution in [0.4, 0.5) is 11.4 Å². The van der Waals surface area contributed by atoms with E-state index < -0.39 is 10.0 Å². The molecule has 0 unspecified atom stereocenters. The van der Waals surface area contributed by atoms with Gasteiger partial charge in [0.25, 0.3) is 15.9 Å². The van der Waals surface area contributed by atoms with Gasteiger partial charge >= 0.3 is 0 Å². The van der Waals surface area contributed by atoms with Gasteiger partial charge < -0.3 is 10.1 Å². The molecule has 0 heterocycles. The number of hydrogen-bond donors (Lipinski definition) is 2. The van der Waals surface area contributed by atoms with Gasteiger partial charge in [-0.05, 0) is 53.9 Å². The van der Waals surface area contributed by atoms with Crippen molar-refractivity contribution < 1.29 is 17.9 Å². The third kappa shape index (κ3) is 5.57. The third-order valence-corrected chi connectivity index (χ3v) is 6.88. The number of ether oxygens (including phenoxy) is 1. The summed E-state index contributed by atoms with van der Waals surface area (Å²) in [6.45, 7) is -0.225. The molecule has 2 N–H and O–H groups in total. The molecule has 0 radical (unpaired) electrons. The summed E-state index contributed by atoms with van der Waals surface area (Å²) in [6, 6.07) is 23.6. The van der Waals surface area contributed by atoms with E-state index in [4.69, 9.17) is 27.9 Å². The Labute approximate surface area is 201 Å². The zero-order chi connectivity index (χ0) is 23.4. The lowest BCUT2D eigenvalue weighted by molar-refractivity contribution is -0.118. The summed E-state index contributed by atoms with van der Waals surface area (Å²) >= 11 is 11.8. The topological polar surface area (TPSA) is 84.5 Å². The van der Waals surface area contributed by atoms with Gasteiger partial charge in [0.05, 0.1) is 20.6 Å². The van der Waals surface area contributed by atoms with Crippen molar-refractivity contribution in [1.82, 2.24) is 0 Å². The van der Waals surface area contributed by atoms with Crippen LogP contribution >= 0.6 is 23.2 Å². The first-order chi connectivity index (χ1) is 15.8. The first-order valence-electron chi connectivity index (χ1n) is 9.80. The summed E-state index contributed by atoms with van der Waals surface area (Å²) in [4.78, 5) is 12.4. The van der Waals surface area contributed by atoms with E-state index in [0.29, 0.717) is 16.5 Å². The van der Waals surface area contributed by atoms with Crippen molar-refractivity contribution in [3.8, 4) is 5.75 Å². The fourth-order valence-electron chi connectivity index (χ4n) is 3.16. The van der Waals surface area contributed by atoms with Crippen LogP contribution in [0, 0.1) is 0 Å². The minimum Gasteiger partial charge on any atom is -0.484 e. The fraction of sp³-hybridized carbons (Fsp3) is 0.0417. The molecule has 6 nitrogen and oxygen atoms in total. The molecule has 4 rings (SSSR count). The monoisotopic (exact) mass is 500 g/mol. The van der Waals surface area contributed by atoms with E-state index in [1.165, 1.54) is 42.5 Å². The molecule has 4 aromatic carbocycles. The number of benzene rings is 4. The molecule has 0 fully saturated rings. The number of sulfonamides is 1. The number of carbonyl (C=O) groups excluding carboxylic acids is 1. The van der Waals surface area contributed by atoms with Gasteiger partial charge in [-0.2, -0.15) is 0 Å². The molecule has 0 bridgehead atoms. The summed E-state index contributed by atoms with van der Waals surface area (Å²) < 4.78 is 33.1. The SMILES string of the molecule is O=C(COc1ccc(S(=O)(=O)Nc2ccc(Cl)c(Cl)c2)cc1)Nc1cccc2ccccc12. The van der Waals surface area contributed by atoms with Crippen molar-refractivity contribution in [1.29, 1.82) is 0 Å². The van der Waals surface area contributed by atoms with Crippen LogP contribution in [-0.2, 0) is 14.8 Å². The molecule has 0 atom stereocenters. The first-order valence-corrected chi connectivity index (χ1v) is 12.0. The Morgan fingerprint density at radius 1 is 0.848 bits per heavy atom. The molecule has 0 saturated heterocycles. The van der Waals surface area contributed by atoms with Gasteiger partial charge in [-0.1, -0.05) is 59.6 Å². The van der Waals surface area contributed by atoms with Gasteiger partial charge in [0.15, 0.2) is 6.61 Å². The molecule has 0 aromatic heterocycles. The molecule has 0 aliphatic heterocycles. The molecule has 1 amide bonds. The molecular weight excluding hydrogens is 483 g/mol. The van der Waals surface area contributed by atoms with Crippen LogP contribution in [0.5, 0.6) is 5.75 Å². The van der Waals surface area contributed by atoms with Gasteiger partial charge in [0.2, 0.25) is 0 Å². The third-order valence-electron chi connectivity index (χ3n) is 4.74. The fourth-order valence-corrected chi connectivity index (χ4v) is 4.51. The lowest BCUT2D eigenvalue weighted by Crippen LogP contribution is -2.20. The van der Waals surface area contributed by atoms with Crippen molar-refractivity contribution in [2.24, 2.45) is 0 Å². The average molecular weight is 501 g/mol. The molecule has 4 aromatic rings. The van der Waals surface area contributed by atoms with Gasteiger partial charge in [0, 0.05) is 11.1 Å². The van der Waals surface area contributed by atoms with E-state index in [2.05, 4.69) is 10.0 Å². The molecule has 0 aliphatic carbocycles. The normalized spacial score (nSPS) is 11.2. The number of hydrogen-bond acceptors (Lipinski definition) is 4. The maximum absolute atomic E-state index is 12.6. The quantitative estimate of drug-likeness (QED) is 0.327. The summed E-state index contributed by atoms with van der Waals surface area (Å²) in [7, 11) is -3.84. The lowest BCUT2D eigenvalue weighted by atomic mass is 10.1. The van der Waals surface area contributed by atoms with Crippen molar-refractivity contribution in [2.75, 3.05) is 16.6 Å². The number of nitrogens with one attached hydrogen (secondary N) is 2. The maximum Gasteiger partial charge on any atom is 0.262 e. The van der Waals surface area contributed by atoms with Crippen LogP contribution in [-0.4, -0.2) is 20.9 Å². The Morgan fingerprint density at radius 3 is 2.33 bits per heavy atom. The smallest absolute Gasteiger partial charge is 0.262 e. The Kier molecular flexibility index (Phi) is 6.74. The average Bonchev–Trinajstić information content (AvgIpc) is 2.80. The van der Waals surface area contributed by atoms with Crippen molar-refractivity contribution >= 4 is 61.3 Å². The van der Waals surface area contributed by atoms with Gasteiger partial charge in [-0.25, -0.2) is 8.42 Å². The van der Waals surface area contributed by atoms with Crippen molar-refractivity contribution in [2.45, 2.75) is 4.90 Å². The van der Waals surface area contributed by atoms with E-state index >= 15 is 0 Å². The van der Waals surface area contributed by atoms with Crippen LogP contribution in [0.2, 0.25) is 10.0 Å². The second-order valence-electron chi connectivity index (χ2n) is 7.07. The van der Waals surface area contributed by atoms with Crippen LogP contribution in [0.15, 0.2) is 89.8 Å². The number of halogens is 2. The van der Waals surface area contributed by atoms with Crippen LogP contribution in [0.25, 0.3) is 10.8 Å². The van der Waals surface area contributed by atoms with E-state index in [-0.39, 0.29) is 28.1 Å². The van der Waals surface area contributed by atoms with E-state index in [9.17, 15) is 13.2 Å². The zero-order valence-electron chi connectivity index (χ0n) is 17.1. The molecule has 9 heteroatoms. The highest BCUT2D eigenvalue weighted by atomic mass is 35.5. The van der Waals surface area contributed by atoms with Gasteiger partial charge in [0.1, 0.15) is 5.75 Å². The summed E-state index contributed by atoms with van der Waals surface area (Å²) in [5.41, 5.74) is 0.978.